The van der Waals surface area contributed by atoms with Crippen LogP contribution >= 0.6 is 0 Å². The van der Waals surface area contributed by atoms with E-state index >= 15 is 4.79 Å². The van der Waals surface area contributed by atoms with Crippen LogP contribution in [0.4, 0.5) is 0 Å². The van der Waals surface area contributed by atoms with Crippen LogP contribution in [0, 0.1) is 89.3 Å². The van der Waals surface area contributed by atoms with E-state index in [9.17, 15) is 15.0 Å². The summed E-state index contributed by atoms with van der Waals surface area (Å²) < 4.78 is 55.0. The van der Waals surface area contributed by atoms with Gasteiger partial charge in [0, 0.05) is 41.9 Å². The SMILES string of the molecule is C#CCN[C@@H]1C=C[C@]2(O[C@H]([C@@H](CC)C(=O)[C@@H](C)[C@@H](O)[C@H](C)[C@@H]3O[C@@H]([C@@H](CC)C(=O)O[C@@H]4O[C@@H]5O[C@@H](C)CC[C@@H]6C5[C@@H](CC[C@H]6C)[C@H]4C)[C@@H](C)C[C@@H]3C)[C@@H](C)C[C@H]2C)O[C@@]12CC[C@@](C)([C@H]1CC[C@](O)(CC)[C@H](C)O1)O2. The molecule has 420 valence electrons. The predicted molar refractivity (Wildman–Crippen MR) is 283 cm³/mol. The lowest BCUT2D eigenvalue weighted by Gasteiger charge is -2.55. The molecule has 8 rings (SSSR count). The highest BCUT2D eigenvalue weighted by atomic mass is 16.8. The second-order valence-corrected chi connectivity index (χ2v) is 25.9. The van der Waals surface area contributed by atoms with Crippen LogP contribution in [0.15, 0.2) is 12.2 Å². The molecule has 74 heavy (non-hydrogen) atoms. The molecule has 3 N–H and O–H groups in total. The van der Waals surface area contributed by atoms with E-state index in [2.05, 4.69) is 72.7 Å². The van der Waals surface area contributed by atoms with Crippen LogP contribution in [0.1, 0.15) is 180 Å². The summed E-state index contributed by atoms with van der Waals surface area (Å²) in [5.41, 5.74) is -1.58. The number of hydrogen-bond acceptors (Lipinski definition) is 13. The van der Waals surface area contributed by atoms with Crippen molar-refractivity contribution in [1.82, 2.24) is 5.32 Å². The van der Waals surface area contributed by atoms with Crippen molar-refractivity contribution in [1.29, 1.82) is 0 Å². The topological polar surface area (TPSA) is 160 Å². The Balaban J connectivity index is 0.945. The lowest BCUT2D eigenvalue weighted by molar-refractivity contribution is -0.398. The predicted octanol–water partition coefficient (Wildman–Crippen LogP) is 9.92. The number of carbonyl (C=O) groups is 2. The van der Waals surface area contributed by atoms with Gasteiger partial charge in [0.05, 0.1) is 72.4 Å². The Kier molecular flexibility index (Phi) is 18.1. The van der Waals surface area contributed by atoms with Gasteiger partial charge in [-0.2, -0.15) is 0 Å². The highest BCUT2D eigenvalue weighted by Crippen LogP contribution is 2.56. The Morgan fingerprint density at radius 3 is 2.16 bits per heavy atom. The van der Waals surface area contributed by atoms with E-state index in [1.165, 1.54) is 6.42 Å². The number of hydrogen-bond donors (Lipinski definition) is 3. The summed E-state index contributed by atoms with van der Waals surface area (Å²) >= 11 is 0. The molecule has 6 saturated heterocycles. The lowest BCUT2D eigenvalue weighted by atomic mass is 9.61. The number of ether oxygens (including phenoxy) is 8. The molecule has 13 nitrogen and oxygen atoms in total. The maximum Gasteiger partial charge on any atom is 0.313 e. The highest BCUT2D eigenvalue weighted by Gasteiger charge is 2.63. The number of esters is 1. The molecule has 1 unspecified atom stereocenters. The molecule has 0 aromatic carbocycles. The number of terminal acetylenes is 1. The number of Topliss-reactive ketones (excluding diaryl/α,β-unsaturated/α-hetero) is 1. The van der Waals surface area contributed by atoms with E-state index in [-0.39, 0.29) is 72.0 Å². The summed E-state index contributed by atoms with van der Waals surface area (Å²) in [5, 5.41) is 27.1. The monoisotopic (exact) mass is 1040 g/mol. The van der Waals surface area contributed by atoms with Crippen LogP contribution in [0.5, 0.6) is 0 Å². The molecule has 7 fully saturated rings. The molecule has 0 aromatic heterocycles. The molecule has 0 aromatic rings. The minimum absolute atomic E-state index is 0.0189. The lowest BCUT2D eigenvalue weighted by Crippen LogP contribution is -2.65. The largest absolute Gasteiger partial charge is 0.435 e. The maximum absolute atomic E-state index is 15.0. The molecule has 0 radical (unpaired) electrons. The Bertz CT molecular complexity index is 2010. The first-order valence-corrected chi connectivity index (χ1v) is 29.7. The maximum atomic E-state index is 15.0. The fraction of sp³-hybridized carbons (Fsp3) is 0.902. The Labute approximate surface area is 445 Å². The van der Waals surface area contributed by atoms with Crippen molar-refractivity contribution in [2.24, 2.45) is 76.9 Å². The van der Waals surface area contributed by atoms with Crippen LogP contribution in [-0.2, 0) is 47.5 Å². The first-order valence-electron chi connectivity index (χ1n) is 29.7. The molecule has 0 amide bonds. The number of nitrogens with one attached hydrogen (secondary N) is 1. The van der Waals surface area contributed by atoms with Gasteiger partial charge in [0.25, 0.3) is 0 Å². The second kappa shape index (κ2) is 23.0. The first kappa shape index (κ1) is 58.2. The zero-order valence-electron chi connectivity index (χ0n) is 47.9. The Morgan fingerprint density at radius 2 is 1.49 bits per heavy atom. The van der Waals surface area contributed by atoms with Crippen molar-refractivity contribution in [3.05, 3.63) is 12.2 Å². The Morgan fingerprint density at radius 1 is 0.797 bits per heavy atom. The standard InChI is InChI=1S/C61H99NO12/c1-16-30-62-47-24-27-60(74-61(47)29-28-58(15,73-61)48-25-26-59(66,19-4)42(14)68-48)37(9)32-36(8)54(72-60)43(17-2)51(64)40(12)50(63)41(13)52-34(6)31-35(7)53(69-52)44(18-3)55(65)70-56-39(11)46-22-20-33(5)45-23-21-38(10)67-57(71-56)49(45)46/h1,24,27,33-50,52-54,56-57,62-63,66H,17-23,25-26,28-32H2,2-15H3/t33-,34+,35+,36+,37-,38+,39-,40+,41+,42+,43+,44-,45+,46+,47-,48-,49?,50-,52-,53-,54+,56-,57+,58+,59-,60+,61+/m1/s1. The highest BCUT2D eigenvalue weighted by molar-refractivity contribution is 5.84. The van der Waals surface area contributed by atoms with Gasteiger partial charge in [0.2, 0.25) is 6.29 Å². The van der Waals surface area contributed by atoms with E-state index in [1.54, 1.807) is 0 Å². The number of rotatable bonds is 15. The molecule has 27 atom stereocenters. The van der Waals surface area contributed by atoms with Crippen molar-refractivity contribution in [3.8, 4) is 12.3 Å². The number of ketones is 1. The van der Waals surface area contributed by atoms with Gasteiger partial charge in [-0.3, -0.25) is 14.9 Å². The van der Waals surface area contributed by atoms with E-state index in [4.69, 9.17) is 44.3 Å². The van der Waals surface area contributed by atoms with Gasteiger partial charge in [-0.1, -0.05) is 94.6 Å². The number of aliphatic hydroxyl groups excluding tert-OH is 1. The van der Waals surface area contributed by atoms with Crippen molar-refractivity contribution < 1.29 is 57.7 Å². The third-order valence-electron chi connectivity index (χ3n) is 21.1. The molecule has 2 spiro atoms. The third kappa shape index (κ3) is 10.9. The number of carbonyl (C=O) groups excluding carboxylic acids is 2. The van der Waals surface area contributed by atoms with Crippen LogP contribution in [0.25, 0.3) is 0 Å². The third-order valence-corrected chi connectivity index (χ3v) is 21.1. The normalized spacial score (nSPS) is 48.4. The minimum Gasteiger partial charge on any atom is -0.435 e. The molecule has 1 aliphatic carbocycles. The van der Waals surface area contributed by atoms with Crippen LogP contribution < -0.4 is 5.32 Å². The summed E-state index contributed by atoms with van der Waals surface area (Å²) in [6.07, 6.45) is 16.1. The molecular formula is C61H99NO12. The summed E-state index contributed by atoms with van der Waals surface area (Å²) in [6.45, 7) is 29.5. The molecule has 7 aliphatic heterocycles. The quantitative estimate of drug-likeness (QED) is 0.0809. The molecule has 7 heterocycles. The van der Waals surface area contributed by atoms with Gasteiger partial charge in [0.15, 0.2) is 17.9 Å². The minimum atomic E-state index is -1.19. The van der Waals surface area contributed by atoms with Crippen LogP contribution in [0.3, 0.4) is 0 Å². The molecular weight excluding hydrogens is 939 g/mol. The van der Waals surface area contributed by atoms with Gasteiger partial charge in [-0.05, 0) is 133 Å². The van der Waals surface area contributed by atoms with Gasteiger partial charge in [0.1, 0.15) is 5.78 Å². The zero-order chi connectivity index (χ0) is 53.8. The average Bonchev–Trinajstić information content (AvgIpc) is 3.61. The van der Waals surface area contributed by atoms with Crippen molar-refractivity contribution >= 4 is 11.8 Å². The Hall–Kier alpha value is -1.96. The zero-order valence-corrected chi connectivity index (χ0v) is 47.9. The van der Waals surface area contributed by atoms with E-state index < -0.39 is 77.2 Å². The summed E-state index contributed by atoms with van der Waals surface area (Å²) in [4.78, 5) is 29.5. The summed E-state index contributed by atoms with van der Waals surface area (Å²) in [5.74, 6) is -0.163. The fourth-order valence-electron chi connectivity index (χ4n) is 16.1. The van der Waals surface area contributed by atoms with Crippen LogP contribution in [0.2, 0.25) is 0 Å². The van der Waals surface area contributed by atoms with E-state index in [0.29, 0.717) is 75.2 Å². The van der Waals surface area contributed by atoms with E-state index in [1.807, 2.05) is 47.6 Å². The molecule has 8 aliphatic rings. The summed E-state index contributed by atoms with van der Waals surface area (Å²) in [6, 6.07) is -0.370. The molecule has 1 saturated carbocycles. The molecule has 13 heteroatoms. The van der Waals surface area contributed by atoms with Crippen molar-refractivity contribution in [3.63, 3.8) is 0 Å². The van der Waals surface area contributed by atoms with Crippen LogP contribution in [-0.4, -0.2) is 113 Å². The van der Waals surface area contributed by atoms with Gasteiger partial charge < -0.3 is 48.1 Å². The first-order chi connectivity index (χ1) is 35.0. The van der Waals surface area contributed by atoms with Gasteiger partial charge in [-0.25, -0.2) is 0 Å². The van der Waals surface area contributed by atoms with Crippen molar-refractivity contribution in [2.45, 2.75) is 265 Å². The smallest absolute Gasteiger partial charge is 0.313 e. The summed E-state index contributed by atoms with van der Waals surface area (Å²) in [7, 11) is 0. The van der Waals surface area contributed by atoms with Gasteiger partial charge in [-0.15, -0.1) is 6.42 Å². The number of aliphatic hydroxyl groups is 2. The van der Waals surface area contributed by atoms with Gasteiger partial charge >= 0.3 is 5.97 Å². The van der Waals surface area contributed by atoms with Crippen molar-refractivity contribution in [2.75, 3.05) is 6.54 Å². The average molecular weight is 1040 g/mol. The fourth-order valence-corrected chi connectivity index (χ4v) is 16.1. The second-order valence-electron chi connectivity index (χ2n) is 25.9. The molecule has 0 bridgehead atoms. The van der Waals surface area contributed by atoms with E-state index in [0.717, 1.165) is 32.1 Å².